The van der Waals surface area contributed by atoms with E-state index in [0.29, 0.717) is 25.1 Å². The average molecular weight is 431 g/mol. The maximum atomic E-state index is 13.0. The van der Waals surface area contributed by atoms with Gasteiger partial charge in [0.25, 0.3) is 0 Å². The minimum absolute atomic E-state index is 0.101. The normalized spacial score (nSPS) is 17.3. The summed E-state index contributed by atoms with van der Waals surface area (Å²) < 4.78 is 32.3. The fourth-order valence-electron chi connectivity index (χ4n) is 3.45. The standard InChI is InChI=1S/C22H26N2O5S/c1-3-29-22(26)19-8-4-5-9-20(19)23-21(25)17-7-6-14-24(15-17)30(27,28)18-12-10-16(2)11-13-18/h4-5,8-13,17H,3,6-7,14-15H2,1-2H3,(H,23,25). The number of esters is 1. The maximum Gasteiger partial charge on any atom is 0.340 e. The van der Waals surface area contributed by atoms with Gasteiger partial charge in [0.05, 0.1) is 28.7 Å². The van der Waals surface area contributed by atoms with Crippen LogP contribution in [0.25, 0.3) is 0 Å². The van der Waals surface area contributed by atoms with Crippen molar-refractivity contribution >= 4 is 27.6 Å². The number of amides is 1. The highest BCUT2D eigenvalue weighted by Crippen LogP contribution is 2.26. The molecule has 1 aliphatic rings. The van der Waals surface area contributed by atoms with Crippen molar-refractivity contribution in [2.24, 2.45) is 5.92 Å². The molecule has 1 aliphatic heterocycles. The average Bonchev–Trinajstić information content (AvgIpc) is 2.74. The summed E-state index contributed by atoms with van der Waals surface area (Å²) in [5, 5.41) is 2.78. The molecule has 30 heavy (non-hydrogen) atoms. The van der Waals surface area contributed by atoms with E-state index in [1.165, 1.54) is 4.31 Å². The summed E-state index contributed by atoms with van der Waals surface area (Å²) in [5.74, 6) is -1.33. The second kappa shape index (κ2) is 9.40. The minimum Gasteiger partial charge on any atom is -0.462 e. The molecule has 1 saturated heterocycles. The number of carbonyl (C=O) groups excluding carboxylic acids is 2. The molecule has 1 amide bonds. The van der Waals surface area contributed by atoms with Gasteiger partial charge in [-0.15, -0.1) is 0 Å². The van der Waals surface area contributed by atoms with Gasteiger partial charge in [-0.1, -0.05) is 29.8 Å². The zero-order valence-corrected chi connectivity index (χ0v) is 17.9. The van der Waals surface area contributed by atoms with E-state index in [1.54, 1.807) is 55.5 Å². The van der Waals surface area contributed by atoms with Crippen LogP contribution in [-0.4, -0.2) is 44.3 Å². The van der Waals surface area contributed by atoms with Crippen molar-refractivity contribution in [1.29, 1.82) is 0 Å². The van der Waals surface area contributed by atoms with Gasteiger partial charge in [0.2, 0.25) is 15.9 Å². The Labute approximate surface area is 177 Å². The molecule has 0 spiro atoms. The Morgan fingerprint density at radius 3 is 2.53 bits per heavy atom. The van der Waals surface area contributed by atoms with Gasteiger partial charge in [0.1, 0.15) is 0 Å². The number of hydrogen-bond acceptors (Lipinski definition) is 5. The molecule has 0 aromatic heterocycles. The minimum atomic E-state index is -3.67. The second-order valence-corrected chi connectivity index (χ2v) is 9.21. The van der Waals surface area contributed by atoms with E-state index in [4.69, 9.17) is 4.74 Å². The lowest BCUT2D eigenvalue weighted by Gasteiger charge is -2.31. The van der Waals surface area contributed by atoms with E-state index in [-0.39, 0.29) is 29.5 Å². The van der Waals surface area contributed by atoms with Gasteiger partial charge in [0.15, 0.2) is 0 Å². The fraction of sp³-hybridized carbons (Fsp3) is 0.364. The number of carbonyl (C=O) groups is 2. The Kier molecular flexibility index (Phi) is 6.89. The molecule has 8 heteroatoms. The highest BCUT2D eigenvalue weighted by Gasteiger charge is 2.33. The molecule has 0 aliphatic carbocycles. The molecule has 0 saturated carbocycles. The summed E-state index contributed by atoms with van der Waals surface area (Å²) >= 11 is 0. The van der Waals surface area contributed by atoms with Crippen LogP contribution in [0.2, 0.25) is 0 Å². The first-order chi connectivity index (χ1) is 14.3. The predicted octanol–water partition coefficient (Wildman–Crippen LogP) is 3.21. The van der Waals surface area contributed by atoms with Gasteiger partial charge in [-0.2, -0.15) is 4.31 Å². The molecule has 0 bridgehead atoms. The van der Waals surface area contributed by atoms with Crippen molar-refractivity contribution < 1.29 is 22.7 Å². The quantitative estimate of drug-likeness (QED) is 0.711. The van der Waals surface area contributed by atoms with Crippen molar-refractivity contribution in [2.75, 3.05) is 25.0 Å². The Morgan fingerprint density at radius 1 is 1.13 bits per heavy atom. The lowest BCUT2D eigenvalue weighted by Crippen LogP contribution is -2.43. The summed E-state index contributed by atoms with van der Waals surface area (Å²) in [5.41, 5.74) is 1.61. The topological polar surface area (TPSA) is 92.8 Å². The van der Waals surface area contributed by atoms with Crippen molar-refractivity contribution in [3.63, 3.8) is 0 Å². The summed E-state index contributed by atoms with van der Waals surface area (Å²) in [4.78, 5) is 25.2. The molecule has 1 N–H and O–H groups in total. The van der Waals surface area contributed by atoms with Crippen LogP contribution in [0, 0.1) is 12.8 Å². The zero-order valence-electron chi connectivity index (χ0n) is 17.1. The molecular formula is C22H26N2O5S. The number of para-hydroxylation sites is 1. The monoisotopic (exact) mass is 430 g/mol. The van der Waals surface area contributed by atoms with E-state index in [1.807, 2.05) is 6.92 Å². The first-order valence-corrected chi connectivity index (χ1v) is 11.4. The third kappa shape index (κ3) is 4.88. The van der Waals surface area contributed by atoms with Crippen LogP contribution >= 0.6 is 0 Å². The Hall–Kier alpha value is -2.71. The van der Waals surface area contributed by atoms with Crippen LogP contribution in [0.1, 0.15) is 35.7 Å². The second-order valence-electron chi connectivity index (χ2n) is 7.27. The van der Waals surface area contributed by atoms with Crippen molar-refractivity contribution in [3.8, 4) is 0 Å². The number of rotatable bonds is 6. The number of sulfonamides is 1. The number of anilines is 1. The molecule has 0 radical (unpaired) electrons. The molecule has 1 unspecified atom stereocenters. The fourth-order valence-corrected chi connectivity index (χ4v) is 4.97. The van der Waals surface area contributed by atoms with Gasteiger partial charge in [-0.3, -0.25) is 4.79 Å². The summed E-state index contributed by atoms with van der Waals surface area (Å²) in [6, 6.07) is 13.3. The predicted molar refractivity (Wildman–Crippen MR) is 114 cm³/mol. The summed E-state index contributed by atoms with van der Waals surface area (Å²) in [6.45, 7) is 4.31. The smallest absolute Gasteiger partial charge is 0.340 e. The molecule has 7 nitrogen and oxygen atoms in total. The van der Waals surface area contributed by atoms with Crippen molar-refractivity contribution in [2.45, 2.75) is 31.6 Å². The first-order valence-electron chi connectivity index (χ1n) is 9.96. The molecule has 1 fully saturated rings. The van der Waals surface area contributed by atoms with Crippen LogP contribution in [0.3, 0.4) is 0 Å². The first kappa shape index (κ1) is 22.0. The van der Waals surface area contributed by atoms with E-state index >= 15 is 0 Å². The van der Waals surface area contributed by atoms with E-state index in [9.17, 15) is 18.0 Å². The van der Waals surface area contributed by atoms with Crippen LogP contribution in [-0.2, 0) is 19.6 Å². The Bertz CT molecular complexity index is 1020. The summed E-state index contributed by atoms with van der Waals surface area (Å²) in [6.07, 6.45) is 1.16. The number of benzene rings is 2. The Balaban J connectivity index is 1.74. The highest BCUT2D eigenvalue weighted by molar-refractivity contribution is 7.89. The number of aryl methyl sites for hydroxylation is 1. The molecule has 160 valence electrons. The number of nitrogens with one attached hydrogen (secondary N) is 1. The van der Waals surface area contributed by atoms with Gasteiger partial charge in [-0.05, 0) is 51.0 Å². The Morgan fingerprint density at radius 2 is 1.83 bits per heavy atom. The number of ether oxygens (including phenoxy) is 1. The van der Waals surface area contributed by atoms with E-state index < -0.39 is 21.9 Å². The molecule has 2 aromatic rings. The third-order valence-electron chi connectivity index (χ3n) is 5.09. The number of piperidine rings is 1. The van der Waals surface area contributed by atoms with Gasteiger partial charge < -0.3 is 10.1 Å². The molecule has 3 rings (SSSR count). The van der Waals surface area contributed by atoms with Crippen LogP contribution in [0.4, 0.5) is 5.69 Å². The van der Waals surface area contributed by atoms with Crippen molar-refractivity contribution in [3.05, 3.63) is 59.7 Å². The van der Waals surface area contributed by atoms with Crippen LogP contribution in [0.15, 0.2) is 53.4 Å². The highest BCUT2D eigenvalue weighted by atomic mass is 32.2. The largest absolute Gasteiger partial charge is 0.462 e. The number of nitrogens with zero attached hydrogens (tertiary/aromatic N) is 1. The van der Waals surface area contributed by atoms with E-state index in [2.05, 4.69) is 5.32 Å². The summed E-state index contributed by atoms with van der Waals surface area (Å²) in [7, 11) is -3.67. The van der Waals surface area contributed by atoms with Crippen LogP contribution in [0.5, 0.6) is 0 Å². The van der Waals surface area contributed by atoms with Crippen LogP contribution < -0.4 is 5.32 Å². The number of hydrogen-bond donors (Lipinski definition) is 1. The zero-order chi connectivity index (χ0) is 21.7. The van der Waals surface area contributed by atoms with Gasteiger partial charge in [0, 0.05) is 13.1 Å². The molecule has 1 heterocycles. The SMILES string of the molecule is CCOC(=O)c1ccccc1NC(=O)C1CCCN(S(=O)(=O)c2ccc(C)cc2)C1. The molecule has 2 aromatic carbocycles. The van der Waals surface area contributed by atoms with Crippen molar-refractivity contribution in [1.82, 2.24) is 4.31 Å². The van der Waals surface area contributed by atoms with Gasteiger partial charge in [-0.25, -0.2) is 13.2 Å². The lowest BCUT2D eigenvalue weighted by atomic mass is 9.98. The third-order valence-corrected chi connectivity index (χ3v) is 6.97. The van der Waals surface area contributed by atoms with Gasteiger partial charge >= 0.3 is 5.97 Å². The molecule has 1 atom stereocenters. The van der Waals surface area contributed by atoms with E-state index in [0.717, 1.165) is 5.56 Å². The maximum absolute atomic E-state index is 13.0. The lowest BCUT2D eigenvalue weighted by molar-refractivity contribution is -0.120. The molecular weight excluding hydrogens is 404 g/mol.